The van der Waals surface area contributed by atoms with E-state index < -0.39 is 10.8 Å². The molecular formula is C17H17N3O5. The largest absolute Gasteiger partial charge is 0.493 e. The van der Waals surface area contributed by atoms with E-state index in [9.17, 15) is 14.9 Å². The molecule has 2 aromatic rings. The summed E-state index contributed by atoms with van der Waals surface area (Å²) in [6, 6.07) is 10.5. The molecule has 0 aliphatic rings. The van der Waals surface area contributed by atoms with E-state index in [0.29, 0.717) is 23.7 Å². The van der Waals surface area contributed by atoms with Crippen molar-refractivity contribution < 1.29 is 19.2 Å². The van der Waals surface area contributed by atoms with Gasteiger partial charge in [-0.1, -0.05) is 0 Å². The maximum absolute atomic E-state index is 11.9. The molecule has 1 amide bonds. The molecule has 0 aromatic heterocycles. The molecule has 0 radical (unpaired) electrons. The summed E-state index contributed by atoms with van der Waals surface area (Å²) in [7, 11) is 1.54. The van der Waals surface area contributed by atoms with Gasteiger partial charge in [0.05, 0.1) is 24.9 Å². The molecule has 130 valence electrons. The first kappa shape index (κ1) is 17.9. The first-order valence-corrected chi connectivity index (χ1v) is 7.44. The smallest absolute Gasteiger partial charge is 0.271 e. The number of hydrogen-bond acceptors (Lipinski definition) is 6. The molecule has 0 atom stereocenters. The van der Waals surface area contributed by atoms with E-state index in [1.165, 1.54) is 37.6 Å². The zero-order chi connectivity index (χ0) is 18.2. The Bertz CT molecular complexity index is 787. The molecule has 1 N–H and O–H groups in total. The topological polar surface area (TPSA) is 103 Å². The van der Waals surface area contributed by atoms with Crippen LogP contribution in [0, 0.1) is 10.1 Å². The van der Waals surface area contributed by atoms with Crippen LogP contribution in [0.15, 0.2) is 47.6 Å². The first-order valence-electron chi connectivity index (χ1n) is 7.44. The summed E-state index contributed by atoms with van der Waals surface area (Å²) in [5.74, 6) is 0.716. The van der Waals surface area contributed by atoms with Gasteiger partial charge in [0.25, 0.3) is 11.6 Å². The lowest BCUT2D eigenvalue weighted by molar-refractivity contribution is -0.384. The summed E-state index contributed by atoms with van der Waals surface area (Å²) in [5.41, 5.74) is 3.26. The van der Waals surface area contributed by atoms with Crippen LogP contribution in [0.4, 0.5) is 5.69 Å². The molecule has 2 aromatic carbocycles. The van der Waals surface area contributed by atoms with Crippen LogP contribution in [-0.4, -0.2) is 30.8 Å². The van der Waals surface area contributed by atoms with Crippen LogP contribution in [-0.2, 0) is 0 Å². The van der Waals surface area contributed by atoms with Crippen molar-refractivity contribution in [2.45, 2.75) is 6.92 Å². The van der Waals surface area contributed by atoms with Crippen LogP contribution in [0.3, 0.4) is 0 Å². The van der Waals surface area contributed by atoms with Crippen molar-refractivity contribution in [1.29, 1.82) is 0 Å². The van der Waals surface area contributed by atoms with Gasteiger partial charge in [0.15, 0.2) is 11.5 Å². The van der Waals surface area contributed by atoms with E-state index in [-0.39, 0.29) is 11.3 Å². The first-order chi connectivity index (χ1) is 12.0. The highest BCUT2D eigenvalue weighted by atomic mass is 16.6. The molecule has 25 heavy (non-hydrogen) atoms. The van der Waals surface area contributed by atoms with Crippen molar-refractivity contribution in [3.63, 3.8) is 0 Å². The maximum Gasteiger partial charge on any atom is 0.271 e. The fourth-order valence-electron chi connectivity index (χ4n) is 2.00. The Hall–Kier alpha value is -3.42. The molecule has 0 saturated carbocycles. The Morgan fingerprint density at radius 1 is 1.24 bits per heavy atom. The number of hydrogen-bond donors (Lipinski definition) is 1. The lowest BCUT2D eigenvalue weighted by Crippen LogP contribution is -2.17. The Morgan fingerprint density at radius 2 is 1.96 bits per heavy atom. The predicted octanol–water partition coefficient (Wildman–Crippen LogP) is 2.77. The Balaban J connectivity index is 2.02. The van der Waals surface area contributed by atoms with Crippen molar-refractivity contribution in [2.24, 2.45) is 5.10 Å². The third kappa shape index (κ3) is 4.77. The number of nitro groups is 1. The van der Waals surface area contributed by atoms with Gasteiger partial charge < -0.3 is 9.47 Å². The summed E-state index contributed by atoms with van der Waals surface area (Å²) >= 11 is 0. The zero-order valence-electron chi connectivity index (χ0n) is 13.8. The number of nitrogens with one attached hydrogen (secondary N) is 1. The highest BCUT2D eigenvalue weighted by molar-refractivity contribution is 5.95. The van der Waals surface area contributed by atoms with Crippen molar-refractivity contribution in [3.8, 4) is 11.5 Å². The summed E-state index contributed by atoms with van der Waals surface area (Å²) in [6.45, 7) is 2.40. The molecule has 0 aliphatic carbocycles. The van der Waals surface area contributed by atoms with Crippen LogP contribution in [0.1, 0.15) is 22.8 Å². The average molecular weight is 343 g/mol. The number of nitro benzene ring substituents is 1. The number of rotatable bonds is 7. The second-order valence-electron chi connectivity index (χ2n) is 4.85. The molecule has 8 heteroatoms. The van der Waals surface area contributed by atoms with E-state index in [4.69, 9.17) is 9.47 Å². The molecule has 0 bridgehead atoms. The van der Waals surface area contributed by atoms with Crippen LogP contribution in [0.2, 0.25) is 0 Å². The van der Waals surface area contributed by atoms with Gasteiger partial charge in [0, 0.05) is 17.7 Å². The number of hydrazone groups is 1. The Morgan fingerprint density at radius 3 is 2.56 bits per heavy atom. The average Bonchev–Trinajstić information content (AvgIpc) is 2.63. The van der Waals surface area contributed by atoms with Crippen LogP contribution in [0.25, 0.3) is 0 Å². The predicted molar refractivity (Wildman–Crippen MR) is 92.3 cm³/mol. The molecule has 2 rings (SSSR count). The van der Waals surface area contributed by atoms with Crippen molar-refractivity contribution in [3.05, 3.63) is 63.7 Å². The lowest BCUT2D eigenvalue weighted by atomic mass is 10.2. The number of non-ortho nitro benzene ring substituents is 1. The number of benzene rings is 2. The number of nitrogens with zero attached hydrogens (tertiary/aromatic N) is 2. The van der Waals surface area contributed by atoms with Gasteiger partial charge in [-0.3, -0.25) is 14.9 Å². The van der Waals surface area contributed by atoms with E-state index in [1.54, 1.807) is 18.2 Å². The second kappa shape index (κ2) is 8.44. The summed E-state index contributed by atoms with van der Waals surface area (Å²) in [4.78, 5) is 22.0. The maximum atomic E-state index is 11.9. The second-order valence-corrected chi connectivity index (χ2v) is 4.85. The van der Waals surface area contributed by atoms with Gasteiger partial charge >= 0.3 is 0 Å². The third-order valence-corrected chi connectivity index (χ3v) is 3.21. The fourth-order valence-corrected chi connectivity index (χ4v) is 2.00. The lowest BCUT2D eigenvalue weighted by Gasteiger charge is -2.09. The SMILES string of the molecule is CCOc1ccc(/C=N\NC(=O)c2ccc([N+](=O)[O-])cc2)cc1OC. The van der Waals surface area contributed by atoms with Gasteiger partial charge in [-0.25, -0.2) is 5.43 Å². The summed E-state index contributed by atoms with van der Waals surface area (Å²) < 4.78 is 10.7. The van der Waals surface area contributed by atoms with Gasteiger partial charge in [0.1, 0.15) is 0 Å². The number of carbonyl (C=O) groups is 1. The summed E-state index contributed by atoms with van der Waals surface area (Å²) in [5, 5.41) is 14.5. The minimum absolute atomic E-state index is 0.0819. The highest BCUT2D eigenvalue weighted by Crippen LogP contribution is 2.27. The van der Waals surface area contributed by atoms with E-state index in [2.05, 4.69) is 10.5 Å². The minimum Gasteiger partial charge on any atom is -0.493 e. The molecular weight excluding hydrogens is 326 g/mol. The van der Waals surface area contributed by atoms with Crippen molar-refractivity contribution in [2.75, 3.05) is 13.7 Å². The number of methoxy groups -OCH3 is 1. The molecule has 0 aliphatic heterocycles. The molecule has 0 heterocycles. The minimum atomic E-state index is -0.529. The normalized spacial score (nSPS) is 10.5. The van der Waals surface area contributed by atoms with E-state index in [1.807, 2.05) is 6.92 Å². The van der Waals surface area contributed by atoms with Crippen LogP contribution < -0.4 is 14.9 Å². The molecule has 0 spiro atoms. The monoisotopic (exact) mass is 343 g/mol. The fraction of sp³-hybridized carbons (Fsp3) is 0.176. The number of amides is 1. The van der Waals surface area contributed by atoms with Gasteiger partial charge in [0.2, 0.25) is 0 Å². The van der Waals surface area contributed by atoms with E-state index in [0.717, 1.165) is 0 Å². The van der Waals surface area contributed by atoms with Crippen molar-refractivity contribution in [1.82, 2.24) is 5.43 Å². The Labute approximate surface area is 144 Å². The van der Waals surface area contributed by atoms with Crippen LogP contribution >= 0.6 is 0 Å². The Kier molecular flexibility index (Phi) is 6.05. The van der Waals surface area contributed by atoms with Gasteiger partial charge in [-0.2, -0.15) is 5.10 Å². The summed E-state index contributed by atoms with van der Waals surface area (Å²) in [6.07, 6.45) is 1.46. The van der Waals surface area contributed by atoms with E-state index >= 15 is 0 Å². The quantitative estimate of drug-likeness (QED) is 0.473. The van der Waals surface area contributed by atoms with Crippen LogP contribution in [0.5, 0.6) is 11.5 Å². The van der Waals surface area contributed by atoms with Gasteiger partial charge in [-0.05, 0) is 42.8 Å². The molecule has 0 unspecified atom stereocenters. The zero-order valence-corrected chi connectivity index (χ0v) is 13.8. The molecule has 0 fully saturated rings. The molecule has 8 nitrogen and oxygen atoms in total. The van der Waals surface area contributed by atoms with Crippen molar-refractivity contribution >= 4 is 17.8 Å². The third-order valence-electron chi connectivity index (χ3n) is 3.21. The number of carbonyl (C=O) groups excluding carboxylic acids is 1. The number of ether oxygens (including phenoxy) is 2. The van der Waals surface area contributed by atoms with Gasteiger partial charge in [-0.15, -0.1) is 0 Å². The standard InChI is InChI=1S/C17H17N3O5/c1-3-25-15-9-4-12(10-16(15)24-2)11-18-19-17(21)13-5-7-14(8-6-13)20(22)23/h4-11H,3H2,1-2H3,(H,19,21)/b18-11-. The molecule has 0 saturated heterocycles. The highest BCUT2D eigenvalue weighted by Gasteiger charge is 2.08.